The molecular weight excluding hydrogens is 276 g/mol. The van der Waals surface area contributed by atoms with Crippen molar-refractivity contribution >= 4 is 21.7 Å². The summed E-state index contributed by atoms with van der Waals surface area (Å²) in [5, 5.41) is 2.45. The molecule has 0 unspecified atom stereocenters. The van der Waals surface area contributed by atoms with E-state index in [0.29, 0.717) is 5.69 Å². The van der Waals surface area contributed by atoms with Crippen molar-refractivity contribution < 1.29 is 13.2 Å². The van der Waals surface area contributed by atoms with Gasteiger partial charge in [0.2, 0.25) is 0 Å². The lowest BCUT2D eigenvalue weighted by molar-refractivity contribution is 0.256. The minimum Gasteiger partial charge on any atom is -0.307 e. The van der Waals surface area contributed by atoms with Gasteiger partial charge < -0.3 is 5.32 Å². The fourth-order valence-corrected chi connectivity index (χ4v) is 2.65. The number of rotatable bonds is 3. The Bertz CT molecular complexity index is 712. The van der Waals surface area contributed by atoms with Gasteiger partial charge in [0.15, 0.2) is 0 Å². The van der Waals surface area contributed by atoms with Gasteiger partial charge in [-0.25, -0.2) is 17.9 Å². The van der Waals surface area contributed by atoms with Crippen molar-refractivity contribution in [2.24, 2.45) is 0 Å². The highest BCUT2D eigenvalue weighted by molar-refractivity contribution is 7.90. The minimum atomic E-state index is -3.86. The molecule has 0 saturated heterocycles. The van der Waals surface area contributed by atoms with Crippen LogP contribution >= 0.6 is 0 Å². The maximum atomic E-state index is 12.0. The van der Waals surface area contributed by atoms with Crippen LogP contribution in [0.15, 0.2) is 59.5 Å². The van der Waals surface area contributed by atoms with Crippen LogP contribution in [0.4, 0.5) is 10.5 Å². The standard InChI is InChI=1S/C14H14N2O3S/c1-11-6-5-9-13(10-11)20(18,19)16-14(17)15-12-7-3-2-4-8-12/h2-10H,1H3,(H2,15,16,17). The normalized spacial score (nSPS) is 10.8. The Kier molecular flexibility index (Phi) is 4.05. The summed E-state index contributed by atoms with van der Waals surface area (Å²) < 4.78 is 26.0. The average molecular weight is 290 g/mol. The number of urea groups is 1. The number of amides is 2. The van der Waals surface area contributed by atoms with Crippen LogP contribution < -0.4 is 10.0 Å². The third-order valence-electron chi connectivity index (χ3n) is 2.56. The Balaban J connectivity index is 2.11. The van der Waals surface area contributed by atoms with E-state index in [1.807, 2.05) is 4.72 Å². The number of para-hydroxylation sites is 1. The highest BCUT2D eigenvalue weighted by atomic mass is 32.2. The summed E-state index contributed by atoms with van der Waals surface area (Å²) in [5.74, 6) is 0. The van der Waals surface area contributed by atoms with Gasteiger partial charge in [-0.2, -0.15) is 0 Å². The first-order valence-electron chi connectivity index (χ1n) is 5.93. The molecule has 5 nitrogen and oxygen atoms in total. The van der Waals surface area contributed by atoms with Crippen molar-refractivity contribution in [3.05, 3.63) is 60.2 Å². The van der Waals surface area contributed by atoms with Crippen molar-refractivity contribution in [2.45, 2.75) is 11.8 Å². The number of benzene rings is 2. The Morgan fingerprint density at radius 3 is 2.35 bits per heavy atom. The Morgan fingerprint density at radius 2 is 1.70 bits per heavy atom. The molecule has 0 atom stereocenters. The number of carbonyl (C=O) groups is 1. The van der Waals surface area contributed by atoms with Crippen molar-refractivity contribution in [1.29, 1.82) is 0 Å². The molecule has 2 rings (SSSR count). The van der Waals surface area contributed by atoms with Gasteiger partial charge in [-0.15, -0.1) is 0 Å². The average Bonchev–Trinajstić information content (AvgIpc) is 2.39. The number of nitrogens with one attached hydrogen (secondary N) is 2. The molecule has 2 aromatic carbocycles. The second-order valence-electron chi connectivity index (χ2n) is 4.24. The predicted octanol–water partition coefficient (Wildman–Crippen LogP) is 2.51. The molecule has 0 fully saturated rings. The maximum Gasteiger partial charge on any atom is 0.333 e. The summed E-state index contributed by atoms with van der Waals surface area (Å²) in [6.45, 7) is 1.78. The van der Waals surface area contributed by atoms with Gasteiger partial charge in [0.25, 0.3) is 10.0 Å². The van der Waals surface area contributed by atoms with E-state index in [1.165, 1.54) is 12.1 Å². The molecule has 6 heteroatoms. The summed E-state index contributed by atoms with van der Waals surface area (Å²) in [4.78, 5) is 11.7. The molecule has 2 aromatic rings. The quantitative estimate of drug-likeness (QED) is 0.912. The summed E-state index contributed by atoms with van der Waals surface area (Å²) in [7, 11) is -3.86. The van der Waals surface area contributed by atoms with Gasteiger partial charge >= 0.3 is 6.03 Å². The van der Waals surface area contributed by atoms with Crippen LogP contribution in [-0.2, 0) is 10.0 Å². The molecule has 0 aromatic heterocycles. The second kappa shape index (κ2) is 5.75. The number of aryl methyl sites for hydroxylation is 1. The molecule has 0 radical (unpaired) electrons. The van der Waals surface area contributed by atoms with Gasteiger partial charge in [0.1, 0.15) is 0 Å². The van der Waals surface area contributed by atoms with E-state index in [1.54, 1.807) is 49.4 Å². The third kappa shape index (κ3) is 3.58. The molecule has 0 heterocycles. The van der Waals surface area contributed by atoms with Crippen LogP contribution in [0.2, 0.25) is 0 Å². The van der Waals surface area contributed by atoms with E-state index in [-0.39, 0.29) is 4.90 Å². The number of hydrogen-bond donors (Lipinski definition) is 2. The zero-order chi connectivity index (χ0) is 14.6. The van der Waals surface area contributed by atoms with Crippen molar-refractivity contribution in [1.82, 2.24) is 4.72 Å². The molecule has 0 aliphatic rings. The second-order valence-corrected chi connectivity index (χ2v) is 5.92. The lowest BCUT2D eigenvalue weighted by atomic mass is 10.2. The van der Waals surface area contributed by atoms with E-state index in [9.17, 15) is 13.2 Å². The van der Waals surface area contributed by atoms with Gasteiger partial charge in [0.05, 0.1) is 4.90 Å². The molecule has 104 valence electrons. The Labute approximate surface area is 117 Å². The third-order valence-corrected chi connectivity index (χ3v) is 3.89. The molecule has 2 N–H and O–H groups in total. The first-order valence-corrected chi connectivity index (χ1v) is 7.41. The highest BCUT2D eigenvalue weighted by Gasteiger charge is 2.17. The van der Waals surface area contributed by atoms with Crippen LogP contribution in [0, 0.1) is 6.92 Å². The Morgan fingerprint density at radius 1 is 1.00 bits per heavy atom. The molecular formula is C14H14N2O3S. The van der Waals surface area contributed by atoms with Crippen molar-refractivity contribution in [3.8, 4) is 0 Å². The zero-order valence-corrected chi connectivity index (χ0v) is 11.6. The van der Waals surface area contributed by atoms with E-state index in [2.05, 4.69) is 5.32 Å². The van der Waals surface area contributed by atoms with Gasteiger partial charge in [-0.3, -0.25) is 0 Å². The lowest BCUT2D eigenvalue weighted by Crippen LogP contribution is -2.34. The summed E-state index contributed by atoms with van der Waals surface area (Å²) in [6.07, 6.45) is 0. The highest BCUT2D eigenvalue weighted by Crippen LogP contribution is 2.11. The lowest BCUT2D eigenvalue weighted by Gasteiger charge is -2.09. The summed E-state index contributed by atoms with van der Waals surface area (Å²) in [5.41, 5.74) is 1.32. The van der Waals surface area contributed by atoms with Crippen LogP contribution in [0.1, 0.15) is 5.56 Å². The van der Waals surface area contributed by atoms with Gasteiger partial charge in [-0.05, 0) is 36.8 Å². The predicted molar refractivity (Wildman–Crippen MR) is 77.0 cm³/mol. The van der Waals surface area contributed by atoms with E-state index in [4.69, 9.17) is 0 Å². The summed E-state index contributed by atoms with van der Waals surface area (Å²) in [6, 6.07) is 14.2. The topological polar surface area (TPSA) is 75.3 Å². The number of sulfonamides is 1. The molecule has 0 spiro atoms. The molecule has 0 bridgehead atoms. The number of carbonyl (C=O) groups excluding carboxylic acids is 1. The fraction of sp³-hybridized carbons (Fsp3) is 0.0714. The largest absolute Gasteiger partial charge is 0.333 e. The Hall–Kier alpha value is -2.34. The SMILES string of the molecule is Cc1cccc(S(=O)(=O)NC(=O)Nc2ccccc2)c1. The molecule has 20 heavy (non-hydrogen) atoms. The number of hydrogen-bond acceptors (Lipinski definition) is 3. The van der Waals surface area contributed by atoms with Gasteiger partial charge in [-0.1, -0.05) is 30.3 Å². The first-order chi connectivity index (χ1) is 9.47. The van der Waals surface area contributed by atoms with E-state index in [0.717, 1.165) is 5.56 Å². The summed E-state index contributed by atoms with van der Waals surface area (Å²) >= 11 is 0. The van der Waals surface area contributed by atoms with Crippen molar-refractivity contribution in [2.75, 3.05) is 5.32 Å². The molecule has 0 saturated carbocycles. The van der Waals surface area contributed by atoms with Crippen LogP contribution in [0.3, 0.4) is 0 Å². The smallest absolute Gasteiger partial charge is 0.307 e. The number of anilines is 1. The van der Waals surface area contributed by atoms with Gasteiger partial charge in [0, 0.05) is 5.69 Å². The van der Waals surface area contributed by atoms with Crippen LogP contribution in [-0.4, -0.2) is 14.4 Å². The van der Waals surface area contributed by atoms with Crippen molar-refractivity contribution in [3.63, 3.8) is 0 Å². The molecule has 0 aliphatic carbocycles. The van der Waals surface area contributed by atoms with E-state index >= 15 is 0 Å². The fourth-order valence-electron chi connectivity index (χ4n) is 1.64. The maximum absolute atomic E-state index is 12.0. The monoisotopic (exact) mass is 290 g/mol. The zero-order valence-electron chi connectivity index (χ0n) is 10.8. The first kappa shape index (κ1) is 14.1. The molecule has 2 amide bonds. The van der Waals surface area contributed by atoms with Crippen LogP contribution in [0.25, 0.3) is 0 Å². The minimum absolute atomic E-state index is 0.0562. The molecule has 0 aliphatic heterocycles. The van der Waals surface area contributed by atoms with E-state index < -0.39 is 16.1 Å². The van der Waals surface area contributed by atoms with Crippen LogP contribution in [0.5, 0.6) is 0 Å².